The SMILES string of the molecule is O=C(Cn1c(=O)n(-c2ccccc2F)c(=O)c2ccc(Cl)cc21)N1CCCC1. The zero-order valence-electron chi connectivity index (χ0n) is 14.9. The van der Waals surface area contributed by atoms with Gasteiger partial charge in [0.15, 0.2) is 0 Å². The van der Waals surface area contributed by atoms with Crippen LogP contribution in [0.25, 0.3) is 16.6 Å². The number of fused-ring (bicyclic) bond motifs is 1. The van der Waals surface area contributed by atoms with E-state index in [1.54, 1.807) is 4.90 Å². The first-order valence-corrected chi connectivity index (χ1v) is 9.33. The van der Waals surface area contributed by atoms with Crippen LogP contribution in [0.15, 0.2) is 52.1 Å². The van der Waals surface area contributed by atoms with Crippen LogP contribution in [0.2, 0.25) is 5.02 Å². The summed E-state index contributed by atoms with van der Waals surface area (Å²) >= 11 is 6.06. The molecule has 0 bridgehead atoms. The van der Waals surface area contributed by atoms with Gasteiger partial charge in [-0.1, -0.05) is 23.7 Å². The molecule has 0 aliphatic carbocycles. The van der Waals surface area contributed by atoms with Crippen molar-refractivity contribution in [3.05, 3.63) is 74.1 Å². The van der Waals surface area contributed by atoms with Crippen molar-refractivity contribution in [3.8, 4) is 5.69 Å². The Balaban J connectivity index is 1.98. The number of amides is 1. The molecule has 8 heteroatoms. The van der Waals surface area contributed by atoms with Crippen molar-refractivity contribution in [2.75, 3.05) is 13.1 Å². The van der Waals surface area contributed by atoms with Crippen molar-refractivity contribution in [1.29, 1.82) is 0 Å². The molecule has 3 aromatic rings. The summed E-state index contributed by atoms with van der Waals surface area (Å²) in [6.45, 7) is 1.03. The first-order chi connectivity index (χ1) is 13.5. The van der Waals surface area contributed by atoms with Gasteiger partial charge in [-0.15, -0.1) is 0 Å². The predicted molar refractivity (Wildman–Crippen MR) is 105 cm³/mol. The van der Waals surface area contributed by atoms with E-state index in [9.17, 15) is 18.8 Å². The number of aromatic nitrogens is 2. The molecule has 4 rings (SSSR count). The molecular weight excluding hydrogens is 385 g/mol. The van der Waals surface area contributed by atoms with Crippen LogP contribution in [0.5, 0.6) is 0 Å². The fourth-order valence-corrected chi connectivity index (χ4v) is 3.71. The molecule has 1 aliphatic rings. The van der Waals surface area contributed by atoms with Crippen molar-refractivity contribution < 1.29 is 9.18 Å². The van der Waals surface area contributed by atoms with Crippen LogP contribution >= 0.6 is 11.6 Å². The fraction of sp³-hybridized carbons (Fsp3) is 0.250. The second-order valence-corrected chi connectivity index (χ2v) is 7.15. The maximum Gasteiger partial charge on any atom is 0.336 e. The molecule has 28 heavy (non-hydrogen) atoms. The van der Waals surface area contributed by atoms with Crippen molar-refractivity contribution in [2.45, 2.75) is 19.4 Å². The van der Waals surface area contributed by atoms with Crippen molar-refractivity contribution in [2.24, 2.45) is 0 Å². The summed E-state index contributed by atoms with van der Waals surface area (Å²) < 4.78 is 16.3. The molecule has 1 aromatic heterocycles. The van der Waals surface area contributed by atoms with E-state index in [4.69, 9.17) is 11.6 Å². The molecule has 6 nitrogen and oxygen atoms in total. The fourth-order valence-electron chi connectivity index (χ4n) is 3.54. The van der Waals surface area contributed by atoms with Gasteiger partial charge in [0.2, 0.25) is 5.91 Å². The molecule has 1 aliphatic heterocycles. The number of benzene rings is 2. The Hall–Kier alpha value is -2.93. The Labute approximate surface area is 164 Å². The van der Waals surface area contributed by atoms with Gasteiger partial charge in [-0.25, -0.2) is 13.8 Å². The summed E-state index contributed by atoms with van der Waals surface area (Å²) in [5.74, 6) is -0.924. The molecule has 1 amide bonds. The number of carbonyl (C=O) groups excluding carboxylic acids is 1. The Morgan fingerprint density at radius 3 is 2.50 bits per heavy atom. The van der Waals surface area contributed by atoms with Gasteiger partial charge in [-0.3, -0.25) is 14.2 Å². The predicted octanol–water partition coefficient (Wildman–Crippen LogP) is 2.57. The number of hydrogen-bond acceptors (Lipinski definition) is 3. The van der Waals surface area contributed by atoms with Gasteiger partial charge in [-0.05, 0) is 43.2 Å². The van der Waals surface area contributed by atoms with Crippen molar-refractivity contribution in [1.82, 2.24) is 14.0 Å². The van der Waals surface area contributed by atoms with Gasteiger partial charge < -0.3 is 4.90 Å². The second kappa shape index (κ2) is 7.24. The molecule has 2 heterocycles. The summed E-state index contributed by atoms with van der Waals surface area (Å²) in [6, 6.07) is 10.0. The smallest absolute Gasteiger partial charge is 0.336 e. The van der Waals surface area contributed by atoms with Crippen molar-refractivity contribution >= 4 is 28.4 Å². The van der Waals surface area contributed by atoms with E-state index in [0.29, 0.717) is 18.1 Å². The number of nitrogens with zero attached hydrogens (tertiary/aromatic N) is 3. The van der Waals surface area contributed by atoms with E-state index in [0.717, 1.165) is 17.4 Å². The van der Waals surface area contributed by atoms with Gasteiger partial charge in [0.25, 0.3) is 5.56 Å². The van der Waals surface area contributed by atoms with E-state index in [2.05, 4.69) is 0 Å². The van der Waals surface area contributed by atoms with Crippen molar-refractivity contribution in [3.63, 3.8) is 0 Å². The largest absolute Gasteiger partial charge is 0.341 e. The third-order valence-corrected chi connectivity index (χ3v) is 5.19. The van der Waals surface area contributed by atoms with E-state index < -0.39 is 17.1 Å². The molecule has 2 aromatic carbocycles. The van der Waals surface area contributed by atoms with E-state index in [1.807, 2.05) is 0 Å². The van der Waals surface area contributed by atoms with E-state index in [1.165, 1.54) is 47.0 Å². The quantitative estimate of drug-likeness (QED) is 0.677. The van der Waals surface area contributed by atoms with E-state index in [-0.39, 0.29) is 29.0 Å². The number of hydrogen-bond donors (Lipinski definition) is 0. The Morgan fingerprint density at radius 2 is 1.79 bits per heavy atom. The summed E-state index contributed by atoms with van der Waals surface area (Å²) in [6.07, 6.45) is 1.84. The van der Waals surface area contributed by atoms with E-state index >= 15 is 0 Å². The second-order valence-electron chi connectivity index (χ2n) is 6.71. The van der Waals surface area contributed by atoms with Crippen LogP contribution < -0.4 is 11.2 Å². The zero-order valence-corrected chi connectivity index (χ0v) is 15.7. The number of likely N-dealkylation sites (tertiary alicyclic amines) is 1. The van der Waals surface area contributed by atoms with Gasteiger partial charge in [0.05, 0.1) is 16.6 Å². The molecule has 0 radical (unpaired) electrons. The van der Waals surface area contributed by atoms with Gasteiger partial charge in [0, 0.05) is 18.1 Å². The van der Waals surface area contributed by atoms with Crippen LogP contribution in [-0.2, 0) is 11.3 Å². The average Bonchev–Trinajstić information content (AvgIpc) is 3.21. The normalized spacial score (nSPS) is 14.0. The lowest BCUT2D eigenvalue weighted by atomic mass is 10.2. The summed E-state index contributed by atoms with van der Waals surface area (Å²) in [5, 5.41) is 0.513. The topological polar surface area (TPSA) is 64.3 Å². The summed E-state index contributed by atoms with van der Waals surface area (Å²) in [7, 11) is 0. The first-order valence-electron chi connectivity index (χ1n) is 8.95. The van der Waals surface area contributed by atoms with Gasteiger partial charge in [-0.2, -0.15) is 0 Å². The lowest BCUT2D eigenvalue weighted by Gasteiger charge is -2.18. The molecule has 0 saturated carbocycles. The maximum atomic E-state index is 14.3. The highest BCUT2D eigenvalue weighted by Gasteiger charge is 2.22. The molecule has 1 saturated heterocycles. The Bertz CT molecular complexity index is 1200. The van der Waals surface area contributed by atoms with Crippen LogP contribution in [0.4, 0.5) is 4.39 Å². The molecule has 1 fully saturated rings. The highest BCUT2D eigenvalue weighted by molar-refractivity contribution is 6.31. The minimum absolute atomic E-state index is 0.156. The van der Waals surface area contributed by atoms with Gasteiger partial charge >= 0.3 is 5.69 Å². The average molecular weight is 402 g/mol. The molecule has 144 valence electrons. The number of rotatable bonds is 3. The monoisotopic (exact) mass is 401 g/mol. The molecule has 0 unspecified atom stereocenters. The minimum atomic E-state index is -0.780. The highest BCUT2D eigenvalue weighted by Crippen LogP contribution is 2.18. The third kappa shape index (κ3) is 3.11. The first kappa shape index (κ1) is 18.4. The lowest BCUT2D eigenvalue weighted by molar-refractivity contribution is -0.130. The van der Waals surface area contributed by atoms with Gasteiger partial charge in [0.1, 0.15) is 12.4 Å². The standard InChI is InChI=1S/C20H17ClFN3O3/c21-13-7-8-14-17(11-13)24(12-18(26)23-9-3-4-10-23)20(28)25(19(14)27)16-6-2-1-5-15(16)22/h1-2,5-8,11H,3-4,9-10,12H2. The number of carbonyl (C=O) groups is 1. The van der Waals surface area contributed by atoms with Crippen LogP contribution in [-0.4, -0.2) is 33.0 Å². The third-order valence-electron chi connectivity index (χ3n) is 4.95. The Kier molecular flexibility index (Phi) is 4.77. The van der Waals surface area contributed by atoms with Crippen LogP contribution in [0.1, 0.15) is 12.8 Å². The molecule has 0 atom stereocenters. The molecule has 0 spiro atoms. The molecular formula is C20H17ClFN3O3. The minimum Gasteiger partial charge on any atom is -0.341 e. The van der Waals surface area contributed by atoms with Crippen LogP contribution in [0, 0.1) is 5.82 Å². The summed E-state index contributed by atoms with van der Waals surface area (Å²) in [5.41, 5.74) is -1.34. The lowest BCUT2D eigenvalue weighted by Crippen LogP contribution is -2.42. The van der Waals surface area contributed by atoms with Crippen LogP contribution in [0.3, 0.4) is 0 Å². The number of para-hydroxylation sites is 1. The number of halogens is 2. The zero-order chi connectivity index (χ0) is 19.8. The highest BCUT2D eigenvalue weighted by atomic mass is 35.5. The molecule has 0 N–H and O–H groups in total. The Morgan fingerprint density at radius 1 is 1.07 bits per heavy atom. The summed E-state index contributed by atoms with van der Waals surface area (Å²) in [4.78, 5) is 40.5. The maximum absolute atomic E-state index is 14.3.